The van der Waals surface area contributed by atoms with Crippen molar-refractivity contribution in [3.05, 3.63) is 0 Å². The summed E-state index contributed by atoms with van der Waals surface area (Å²) in [5.41, 5.74) is 0. The molecule has 0 aromatic carbocycles. The largest absolute Gasteiger partial charge is 0.285 e. The van der Waals surface area contributed by atoms with Crippen LogP contribution in [-0.2, 0) is 10.1 Å². The van der Waals surface area contributed by atoms with Crippen molar-refractivity contribution in [1.82, 2.24) is 0 Å². The molecule has 6 heteroatoms. The molecule has 0 spiro atoms. The van der Waals surface area contributed by atoms with Gasteiger partial charge < -0.3 is 0 Å². The Morgan fingerprint density at radius 3 is 1.78 bits per heavy atom. The molecule has 0 bridgehead atoms. The van der Waals surface area contributed by atoms with E-state index < -0.39 is 22.0 Å². The topological polar surface area (TPSA) is 54.4 Å². The zero-order chi connectivity index (χ0) is 13.9. The van der Waals surface area contributed by atoms with E-state index in [-0.39, 0.29) is 13.1 Å². The van der Waals surface area contributed by atoms with Crippen molar-refractivity contribution < 1.29 is 21.8 Å². The van der Waals surface area contributed by atoms with E-state index in [1.807, 2.05) is 0 Å². The van der Waals surface area contributed by atoms with Gasteiger partial charge >= 0.3 is 0 Å². The summed E-state index contributed by atoms with van der Waals surface area (Å²) in [6.45, 7) is -0.244. The van der Waals surface area contributed by atoms with Crippen molar-refractivity contribution in [1.29, 1.82) is 0 Å². The van der Waals surface area contributed by atoms with Gasteiger partial charge in [-0.2, -0.15) is 8.42 Å². The fourth-order valence-electron chi connectivity index (χ4n) is 1.83. The maximum Gasteiger partial charge on any atom is 0.267 e. The Labute approximate surface area is 109 Å². The Kier molecular flexibility index (Phi) is 10.5. The highest BCUT2D eigenvalue weighted by Gasteiger charge is 2.15. The summed E-state index contributed by atoms with van der Waals surface area (Å²) in [5.74, 6) is -0.795. The van der Waals surface area contributed by atoms with Gasteiger partial charge in [-0.25, -0.2) is 4.39 Å². The Morgan fingerprint density at radius 1 is 0.889 bits per heavy atom. The molecule has 3 nitrogen and oxygen atoms in total. The fourth-order valence-corrected chi connectivity index (χ4v) is 2.46. The van der Waals surface area contributed by atoms with Crippen molar-refractivity contribution >= 4 is 10.1 Å². The van der Waals surface area contributed by atoms with Gasteiger partial charge in [0.2, 0.25) is 0 Å². The third-order valence-electron chi connectivity index (χ3n) is 2.79. The zero-order valence-corrected chi connectivity index (χ0v) is 11.6. The molecule has 0 aromatic heterocycles. The summed E-state index contributed by atoms with van der Waals surface area (Å²) in [5, 5.41) is 0. The first kappa shape index (κ1) is 17.8. The minimum atomic E-state index is -4.19. The summed E-state index contributed by atoms with van der Waals surface area (Å²) in [4.78, 5) is 0. The Balaban J connectivity index is 3.25. The van der Waals surface area contributed by atoms with Crippen molar-refractivity contribution in [2.75, 3.05) is 12.4 Å². The van der Waals surface area contributed by atoms with Gasteiger partial charge in [0.05, 0.1) is 6.67 Å². The second kappa shape index (κ2) is 10.7. The van der Waals surface area contributed by atoms with Crippen LogP contribution < -0.4 is 0 Å². The lowest BCUT2D eigenvalue weighted by molar-refractivity contribution is 0.324. The molecule has 18 heavy (non-hydrogen) atoms. The van der Waals surface area contributed by atoms with E-state index >= 15 is 0 Å². The first-order valence-corrected chi connectivity index (χ1v) is 8.22. The molecule has 1 N–H and O–H groups in total. The van der Waals surface area contributed by atoms with E-state index in [0.29, 0.717) is 12.8 Å². The summed E-state index contributed by atoms with van der Waals surface area (Å²) >= 11 is 0. The van der Waals surface area contributed by atoms with Gasteiger partial charge in [0.15, 0.2) is 0 Å². The highest BCUT2D eigenvalue weighted by Crippen LogP contribution is 2.12. The quantitative estimate of drug-likeness (QED) is 0.440. The number of alkyl halides is 2. The second-order valence-corrected chi connectivity index (χ2v) is 6.15. The van der Waals surface area contributed by atoms with E-state index in [4.69, 9.17) is 4.55 Å². The molecule has 0 aromatic rings. The highest BCUT2D eigenvalue weighted by molar-refractivity contribution is 7.85. The monoisotopic (exact) mass is 286 g/mol. The van der Waals surface area contributed by atoms with Crippen molar-refractivity contribution in [2.24, 2.45) is 0 Å². The van der Waals surface area contributed by atoms with E-state index in [1.54, 1.807) is 0 Å². The molecule has 0 aliphatic rings. The number of unbranched alkanes of at least 4 members (excludes halogenated alkanes) is 7. The Bertz CT molecular complexity index is 281. The van der Waals surface area contributed by atoms with Crippen LogP contribution in [-0.4, -0.2) is 31.6 Å². The molecular weight excluding hydrogens is 262 g/mol. The van der Waals surface area contributed by atoms with Crippen LogP contribution in [0, 0.1) is 0 Å². The smallest absolute Gasteiger partial charge is 0.267 e. The minimum Gasteiger partial charge on any atom is -0.285 e. The zero-order valence-electron chi connectivity index (χ0n) is 10.8. The lowest BCUT2D eigenvalue weighted by atomic mass is 10.1. The molecule has 0 rings (SSSR count). The maximum atomic E-state index is 13.0. The first-order valence-electron chi connectivity index (χ1n) is 6.61. The molecule has 1 atom stereocenters. The molecule has 0 saturated carbocycles. The fraction of sp³-hybridized carbons (Fsp3) is 1.00. The summed E-state index contributed by atoms with van der Waals surface area (Å²) in [6, 6.07) is 0. The lowest BCUT2D eigenvalue weighted by Crippen LogP contribution is -2.16. The predicted octanol–water partition coefficient (Wildman–Crippen LogP) is 3.69. The Hall–Kier alpha value is -0.230. The maximum absolute atomic E-state index is 13.0. The van der Waals surface area contributed by atoms with Gasteiger partial charge in [0.1, 0.15) is 11.9 Å². The van der Waals surface area contributed by atoms with Crippen LogP contribution in [0.4, 0.5) is 8.78 Å². The van der Waals surface area contributed by atoms with Crippen LogP contribution in [0.15, 0.2) is 0 Å². The van der Waals surface area contributed by atoms with Gasteiger partial charge in [-0.15, -0.1) is 0 Å². The molecular formula is C12H24F2O3S. The number of rotatable bonds is 12. The number of hydrogen-bond acceptors (Lipinski definition) is 2. The molecule has 0 heterocycles. The molecule has 110 valence electrons. The van der Waals surface area contributed by atoms with Crippen molar-refractivity contribution in [2.45, 2.75) is 64.0 Å². The van der Waals surface area contributed by atoms with E-state index in [1.165, 1.54) is 0 Å². The van der Waals surface area contributed by atoms with Gasteiger partial charge in [-0.1, -0.05) is 44.9 Å². The van der Waals surface area contributed by atoms with Gasteiger partial charge in [0, 0.05) is 0 Å². The molecule has 1 unspecified atom stereocenters. The average Bonchev–Trinajstić information content (AvgIpc) is 2.24. The van der Waals surface area contributed by atoms with E-state index in [2.05, 4.69) is 0 Å². The number of halogens is 2. The van der Waals surface area contributed by atoms with Crippen LogP contribution in [0.5, 0.6) is 0 Å². The van der Waals surface area contributed by atoms with Crippen LogP contribution in [0.1, 0.15) is 57.8 Å². The molecule has 0 amide bonds. The van der Waals surface area contributed by atoms with Crippen molar-refractivity contribution in [3.8, 4) is 0 Å². The minimum absolute atomic E-state index is 0.182. The van der Waals surface area contributed by atoms with Gasteiger partial charge in [0.25, 0.3) is 10.1 Å². The van der Waals surface area contributed by atoms with E-state index in [9.17, 15) is 17.2 Å². The summed E-state index contributed by atoms with van der Waals surface area (Å²) in [6.07, 6.45) is 5.96. The third kappa shape index (κ3) is 13.8. The molecule has 0 radical (unpaired) electrons. The van der Waals surface area contributed by atoms with Crippen LogP contribution in [0.3, 0.4) is 0 Å². The molecule has 0 fully saturated rings. The van der Waals surface area contributed by atoms with Crippen molar-refractivity contribution in [3.63, 3.8) is 0 Å². The molecule has 0 aliphatic heterocycles. The standard InChI is InChI=1S/C12H24F2O3S/c13-10-8-6-4-2-1-3-5-7-9-12(14)11-18(15,16)17/h12H,1-11H2,(H,15,16,17). The van der Waals surface area contributed by atoms with Gasteiger partial charge in [-0.3, -0.25) is 8.94 Å². The summed E-state index contributed by atoms with van der Waals surface area (Å²) in [7, 11) is -4.19. The van der Waals surface area contributed by atoms with Gasteiger partial charge in [-0.05, 0) is 12.8 Å². The summed E-state index contributed by atoms with van der Waals surface area (Å²) < 4.78 is 54.0. The lowest BCUT2D eigenvalue weighted by Gasteiger charge is -2.05. The molecule has 0 saturated heterocycles. The average molecular weight is 286 g/mol. The van der Waals surface area contributed by atoms with Crippen LogP contribution in [0.25, 0.3) is 0 Å². The second-order valence-electron chi connectivity index (χ2n) is 4.65. The first-order chi connectivity index (χ1) is 8.45. The van der Waals surface area contributed by atoms with Crippen LogP contribution >= 0.6 is 0 Å². The highest BCUT2D eigenvalue weighted by atomic mass is 32.2. The Morgan fingerprint density at radius 2 is 1.33 bits per heavy atom. The van der Waals surface area contributed by atoms with Crippen LogP contribution in [0.2, 0.25) is 0 Å². The number of hydrogen-bond donors (Lipinski definition) is 1. The normalized spacial score (nSPS) is 13.7. The SMILES string of the molecule is O=S(=O)(O)CC(F)CCCCCCCCCCF. The third-order valence-corrected chi connectivity index (χ3v) is 3.58. The molecule has 0 aliphatic carbocycles. The van der Waals surface area contributed by atoms with E-state index in [0.717, 1.165) is 38.5 Å². The predicted molar refractivity (Wildman–Crippen MR) is 68.8 cm³/mol.